The molecule has 0 aromatic heterocycles. The fourth-order valence-electron chi connectivity index (χ4n) is 3.42. The molecule has 2 rings (SSSR count). The van der Waals surface area contributed by atoms with Gasteiger partial charge in [0, 0.05) is 12.6 Å². The van der Waals surface area contributed by atoms with Gasteiger partial charge < -0.3 is 15.7 Å². The van der Waals surface area contributed by atoms with Crippen molar-refractivity contribution in [2.75, 3.05) is 13.1 Å². The highest BCUT2D eigenvalue weighted by Gasteiger charge is 2.42. The Morgan fingerprint density at radius 3 is 2.74 bits per heavy atom. The fraction of sp³-hybridized carbons (Fsp3) is 0.857. The molecule has 1 saturated heterocycles. The van der Waals surface area contributed by atoms with Crippen LogP contribution < -0.4 is 10.6 Å². The lowest BCUT2D eigenvalue weighted by atomic mass is 9.81. The summed E-state index contributed by atoms with van der Waals surface area (Å²) in [6.45, 7) is 3.75. The summed E-state index contributed by atoms with van der Waals surface area (Å²) in [6.07, 6.45) is 4.84. The molecule has 1 aliphatic carbocycles. The van der Waals surface area contributed by atoms with E-state index in [1.54, 1.807) is 0 Å². The summed E-state index contributed by atoms with van der Waals surface area (Å²) in [5.41, 5.74) is -0.268. The molecule has 19 heavy (non-hydrogen) atoms. The summed E-state index contributed by atoms with van der Waals surface area (Å²) in [6, 6.07) is 0.0444. The van der Waals surface area contributed by atoms with Gasteiger partial charge in [0.15, 0.2) is 0 Å². The number of nitrogens with one attached hydrogen (secondary N) is 2. The predicted molar refractivity (Wildman–Crippen MR) is 71.7 cm³/mol. The standard InChI is InChI=1S/C14H24N2O3/c1-2-5-14(6-7-15-9-14)13(19)16-11-4-3-10(8-11)12(17)18/h10-11,15H,2-9H2,1H3,(H,16,19)(H,17,18). The Bertz CT molecular complexity index is 351. The number of carboxylic acid groups (broad SMARTS) is 1. The lowest BCUT2D eigenvalue weighted by molar-refractivity contribution is -0.141. The molecule has 5 heteroatoms. The van der Waals surface area contributed by atoms with Crippen molar-refractivity contribution in [2.45, 2.75) is 51.5 Å². The SMILES string of the molecule is CCCC1(C(=O)NC2CCC(C(=O)O)C2)CCNC1. The van der Waals surface area contributed by atoms with Crippen LogP contribution in [0.3, 0.4) is 0 Å². The molecule has 1 saturated carbocycles. The van der Waals surface area contributed by atoms with Gasteiger partial charge in [-0.2, -0.15) is 0 Å². The summed E-state index contributed by atoms with van der Waals surface area (Å²) in [5.74, 6) is -0.896. The van der Waals surface area contributed by atoms with Crippen LogP contribution >= 0.6 is 0 Å². The maximum atomic E-state index is 12.5. The van der Waals surface area contributed by atoms with Crippen molar-refractivity contribution in [3.63, 3.8) is 0 Å². The zero-order valence-electron chi connectivity index (χ0n) is 11.6. The van der Waals surface area contributed by atoms with Crippen LogP contribution in [0, 0.1) is 11.3 Å². The van der Waals surface area contributed by atoms with Crippen LogP contribution in [-0.2, 0) is 9.59 Å². The van der Waals surface area contributed by atoms with E-state index in [1.807, 2.05) is 0 Å². The summed E-state index contributed by atoms with van der Waals surface area (Å²) in [7, 11) is 0. The van der Waals surface area contributed by atoms with Gasteiger partial charge in [-0.1, -0.05) is 13.3 Å². The molecule has 1 amide bonds. The summed E-state index contributed by atoms with van der Waals surface area (Å²) >= 11 is 0. The predicted octanol–water partition coefficient (Wildman–Crippen LogP) is 1.14. The van der Waals surface area contributed by atoms with Crippen molar-refractivity contribution in [2.24, 2.45) is 11.3 Å². The smallest absolute Gasteiger partial charge is 0.306 e. The van der Waals surface area contributed by atoms with Crippen molar-refractivity contribution in [1.82, 2.24) is 10.6 Å². The van der Waals surface area contributed by atoms with E-state index in [0.717, 1.165) is 38.8 Å². The van der Waals surface area contributed by atoms with Gasteiger partial charge in [0.25, 0.3) is 0 Å². The van der Waals surface area contributed by atoms with Crippen molar-refractivity contribution in [3.8, 4) is 0 Å². The molecular weight excluding hydrogens is 244 g/mol. The highest BCUT2D eigenvalue weighted by Crippen LogP contribution is 2.33. The number of carbonyl (C=O) groups excluding carboxylic acids is 1. The molecule has 0 radical (unpaired) electrons. The highest BCUT2D eigenvalue weighted by molar-refractivity contribution is 5.83. The van der Waals surface area contributed by atoms with Crippen LogP contribution in [0.25, 0.3) is 0 Å². The molecule has 3 atom stereocenters. The zero-order chi connectivity index (χ0) is 13.9. The summed E-state index contributed by atoms with van der Waals surface area (Å²) in [5, 5.41) is 15.4. The Hall–Kier alpha value is -1.10. The van der Waals surface area contributed by atoms with Crippen LogP contribution in [0.15, 0.2) is 0 Å². The minimum Gasteiger partial charge on any atom is -0.481 e. The number of carbonyl (C=O) groups is 2. The highest BCUT2D eigenvalue weighted by atomic mass is 16.4. The van der Waals surface area contributed by atoms with E-state index in [9.17, 15) is 9.59 Å². The average Bonchev–Trinajstić information content (AvgIpc) is 2.99. The Kier molecular flexibility index (Phi) is 4.45. The number of aliphatic carboxylic acids is 1. The van der Waals surface area contributed by atoms with Crippen LogP contribution in [-0.4, -0.2) is 36.1 Å². The molecule has 3 unspecified atom stereocenters. The van der Waals surface area contributed by atoms with Crippen molar-refractivity contribution >= 4 is 11.9 Å². The second kappa shape index (κ2) is 5.90. The summed E-state index contributed by atoms with van der Waals surface area (Å²) in [4.78, 5) is 23.4. The molecule has 2 aliphatic rings. The molecule has 0 bridgehead atoms. The van der Waals surface area contributed by atoms with E-state index >= 15 is 0 Å². The van der Waals surface area contributed by atoms with Gasteiger partial charge in [-0.3, -0.25) is 9.59 Å². The largest absolute Gasteiger partial charge is 0.481 e. The molecule has 1 heterocycles. The van der Waals surface area contributed by atoms with E-state index in [0.29, 0.717) is 12.8 Å². The fourth-order valence-corrected chi connectivity index (χ4v) is 3.42. The number of hydrogen-bond acceptors (Lipinski definition) is 3. The van der Waals surface area contributed by atoms with Crippen molar-refractivity contribution in [1.29, 1.82) is 0 Å². The third-order valence-corrected chi connectivity index (χ3v) is 4.57. The Labute approximate surface area is 114 Å². The van der Waals surface area contributed by atoms with Gasteiger partial charge in [0.1, 0.15) is 0 Å². The molecule has 0 aromatic rings. The maximum absolute atomic E-state index is 12.5. The van der Waals surface area contributed by atoms with Gasteiger partial charge in [-0.05, 0) is 38.6 Å². The zero-order valence-corrected chi connectivity index (χ0v) is 11.6. The lowest BCUT2D eigenvalue weighted by Crippen LogP contribution is -2.46. The van der Waals surface area contributed by atoms with Gasteiger partial charge in [-0.15, -0.1) is 0 Å². The number of hydrogen-bond donors (Lipinski definition) is 3. The second-order valence-corrected chi connectivity index (χ2v) is 5.98. The third-order valence-electron chi connectivity index (χ3n) is 4.57. The van der Waals surface area contributed by atoms with Crippen molar-refractivity contribution < 1.29 is 14.7 Å². The molecule has 5 nitrogen and oxygen atoms in total. The minimum absolute atomic E-state index is 0.0444. The molecule has 108 valence electrons. The maximum Gasteiger partial charge on any atom is 0.306 e. The normalized spacial score (nSPS) is 34.4. The average molecular weight is 268 g/mol. The quantitative estimate of drug-likeness (QED) is 0.698. The van der Waals surface area contributed by atoms with Gasteiger partial charge in [0.2, 0.25) is 5.91 Å². The molecule has 3 N–H and O–H groups in total. The molecule has 2 fully saturated rings. The van der Waals surface area contributed by atoms with Crippen LogP contribution in [0.5, 0.6) is 0 Å². The molecule has 0 aromatic carbocycles. The van der Waals surface area contributed by atoms with Gasteiger partial charge in [-0.25, -0.2) is 0 Å². The first-order chi connectivity index (χ1) is 9.07. The van der Waals surface area contributed by atoms with E-state index < -0.39 is 5.97 Å². The topological polar surface area (TPSA) is 78.4 Å². The van der Waals surface area contributed by atoms with E-state index in [2.05, 4.69) is 17.6 Å². The number of amides is 1. The van der Waals surface area contributed by atoms with E-state index in [1.165, 1.54) is 0 Å². The number of rotatable bonds is 5. The molecule has 0 spiro atoms. The Morgan fingerprint density at radius 2 is 2.21 bits per heavy atom. The molecular formula is C14H24N2O3. The Morgan fingerprint density at radius 1 is 1.42 bits per heavy atom. The van der Waals surface area contributed by atoms with Crippen molar-refractivity contribution in [3.05, 3.63) is 0 Å². The van der Waals surface area contributed by atoms with E-state index in [-0.39, 0.29) is 23.3 Å². The first kappa shape index (κ1) is 14.3. The molecule has 1 aliphatic heterocycles. The number of carboxylic acids is 1. The first-order valence-corrected chi connectivity index (χ1v) is 7.32. The summed E-state index contributed by atoms with van der Waals surface area (Å²) < 4.78 is 0. The lowest BCUT2D eigenvalue weighted by Gasteiger charge is -2.28. The minimum atomic E-state index is -0.734. The second-order valence-electron chi connectivity index (χ2n) is 5.98. The van der Waals surface area contributed by atoms with Crippen LogP contribution in [0.4, 0.5) is 0 Å². The first-order valence-electron chi connectivity index (χ1n) is 7.32. The third kappa shape index (κ3) is 3.08. The van der Waals surface area contributed by atoms with Crippen LogP contribution in [0.1, 0.15) is 45.4 Å². The van der Waals surface area contributed by atoms with Crippen LogP contribution in [0.2, 0.25) is 0 Å². The Balaban J connectivity index is 1.91. The van der Waals surface area contributed by atoms with Gasteiger partial charge in [0.05, 0.1) is 11.3 Å². The van der Waals surface area contributed by atoms with Gasteiger partial charge >= 0.3 is 5.97 Å². The van der Waals surface area contributed by atoms with E-state index in [4.69, 9.17) is 5.11 Å². The monoisotopic (exact) mass is 268 g/mol.